The highest BCUT2D eigenvalue weighted by Crippen LogP contribution is 2.45. The molecule has 37 heteroatoms. The fourth-order valence-electron chi connectivity index (χ4n) is 16.6. The van der Waals surface area contributed by atoms with Crippen molar-refractivity contribution in [1.29, 1.82) is 0 Å². The van der Waals surface area contributed by atoms with Gasteiger partial charge in [-0.2, -0.15) is 0 Å². The topological polar surface area (TPSA) is 323 Å². The second-order valence-electron chi connectivity index (χ2n) is 38.3. The van der Waals surface area contributed by atoms with Crippen molar-refractivity contribution in [2.45, 2.75) is 187 Å². The predicted octanol–water partition coefficient (Wildman–Crippen LogP) is 24.0. The number of halogens is 3. The molecule has 0 bridgehead atoms. The second kappa shape index (κ2) is 48.4. The molecule has 760 valence electrons. The van der Waals surface area contributed by atoms with Crippen molar-refractivity contribution in [3.8, 4) is 69.0 Å². The lowest BCUT2D eigenvalue weighted by molar-refractivity contribution is -0.107. The largest absolute Gasteiger partial charge is 0.496 e. The molecule has 6 fully saturated rings. The van der Waals surface area contributed by atoms with Crippen molar-refractivity contribution < 1.29 is 70.7 Å². The normalized spacial score (nSPS) is 17.6. The lowest BCUT2D eigenvalue weighted by Gasteiger charge is -2.32. The van der Waals surface area contributed by atoms with E-state index in [1.54, 1.807) is 65.6 Å². The van der Waals surface area contributed by atoms with E-state index in [1.165, 1.54) is 6.42 Å². The summed E-state index contributed by atoms with van der Waals surface area (Å²) in [7, 11) is -1.35. The molecule has 10 aromatic heterocycles. The number of allylic oxidation sites excluding steroid dienone is 1. The van der Waals surface area contributed by atoms with E-state index in [-0.39, 0.29) is 77.1 Å². The van der Waals surface area contributed by atoms with Crippen LogP contribution >= 0.6 is 43.5 Å². The SMILES string of the molecule is Brc1ccc(Oc2ccccc2)nc1.C=CC(=O)Cl.CC1(C)OB(B2OC(C)(C)C(C)(C)O2)OC1(C)C.CC1(C)OB(c2ccc(Oc3ccccc3)nc2)OC1(C)C.O=C(OCc1ccccc1)N1CCC[C@H]1c1nc(-c2ccc(Oc3ccccc3)nc2)c2cnccn12.O=C(OCc1ccccc1)N1CCC[C@H]1c1nc(Br)c2cnccn12.c1ccc(Oc2ccc(-c3nc([C@@H]4CCCN4)n4ccncc34)cn2)cc1. The summed E-state index contributed by atoms with van der Waals surface area (Å²) >= 11 is 11.5. The molecule has 1 N–H and O–H groups in total. The Morgan fingerprint density at radius 3 is 1.11 bits per heavy atom. The molecule has 0 unspecified atom stereocenters. The summed E-state index contributed by atoms with van der Waals surface area (Å²) in [6.07, 6.45) is 29.5. The molecule has 6 saturated heterocycles. The van der Waals surface area contributed by atoms with Gasteiger partial charge in [-0.3, -0.25) is 42.7 Å². The molecule has 0 radical (unpaired) electrons. The number of fused-ring (bicyclic) bond motifs is 3. The second-order valence-corrected chi connectivity index (χ2v) is 40.4. The molecule has 3 atom stereocenters. The predicted molar refractivity (Wildman–Crippen MR) is 575 cm³/mol. The van der Waals surface area contributed by atoms with Gasteiger partial charge >= 0.3 is 33.3 Å². The molecule has 6 aliphatic rings. The summed E-state index contributed by atoms with van der Waals surface area (Å²) < 4.78 is 77.6. The summed E-state index contributed by atoms with van der Waals surface area (Å²) in [5, 5.41) is 3.02. The maximum Gasteiger partial charge on any atom is 0.496 e. The third-order valence-corrected chi connectivity index (χ3v) is 27.7. The van der Waals surface area contributed by atoms with Gasteiger partial charge in [0.1, 0.15) is 58.3 Å². The van der Waals surface area contributed by atoms with E-state index in [0.29, 0.717) is 36.6 Å². The van der Waals surface area contributed by atoms with Crippen molar-refractivity contribution in [1.82, 2.24) is 78.2 Å². The fourth-order valence-corrected chi connectivity index (χ4v) is 17.3. The van der Waals surface area contributed by atoms with Gasteiger partial charge in [0.05, 0.1) is 98.3 Å². The van der Waals surface area contributed by atoms with Gasteiger partial charge in [-0.05, 0) is 256 Å². The monoisotopic (exact) mass is 2140 g/mol. The zero-order valence-corrected chi connectivity index (χ0v) is 88.4. The van der Waals surface area contributed by atoms with Gasteiger partial charge in [-0.15, -0.1) is 0 Å². The van der Waals surface area contributed by atoms with Crippen LogP contribution in [0.4, 0.5) is 9.59 Å². The Balaban J connectivity index is 0.000000128. The fraction of sp³-hybridized carbons (Fsp3) is 0.288. The molecule has 16 heterocycles. The maximum atomic E-state index is 13.0. The Kier molecular flexibility index (Phi) is 34.9. The van der Waals surface area contributed by atoms with E-state index in [0.717, 1.165) is 150 Å². The number of hydrogen-bond acceptors (Lipinski definition) is 26. The molecule has 16 aromatic rings. The average molecular weight is 2140 g/mol. The number of pyridine rings is 4. The highest BCUT2D eigenvalue weighted by Gasteiger charge is 2.64. The number of amides is 2. The van der Waals surface area contributed by atoms with Crippen LogP contribution in [0.2, 0.25) is 0 Å². The first-order valence-corrected chi connectivity index (χ1v) is 50.8. The third-order valence-electron chi connectivity index (χ3n) is 26.5. The molecule has 31 nitrogen and oxygen atoms in total. The van der Waals surface area contributed by atoms with Crippen LogP contribution < -0.4 is 29.7 Å². The first-order valence-electron chi connectivity index (χ1n) is 48.9. The van der Waals surface area contributed by atoms with E-state index in [4.69, 9.17) is 77.9 Å². The summed E-state index contributed by atoms with van der Waals surface area (Å²) in [6, 6.07) is 72.8. The van der Waals surface area contributed by atoms with Crippen LogP contribution in [-0.4, -0.2) is 165 Å². The summed E-state index contributed by atoms with van der Waals surface area (Å²) in [4.78, 5) is 83.3. The van der Waals surface area contributed by atoms with Crippen molar-refractivity contribution >= 4 is 104 Å². The standard InChI is InChI=1S/C29H25N5O3.C21H19N5O.C18H17BrN4O2.C17H20BNO3.C12H24B2O4.C11H8BrNO.C3H3ClO/c35-29(36-20-21-8-3-1-4-9-21)34-16-7-12-24(34)28-32-27(25-19-30-15-17-33(25)28)22-13-14-26(31-18-22)37-23-10-5-2-6-11-23;1-2-5-16(6-3-1)27-19-9-8-15(13-24-19)20-18-14-22-11-12-26(18)21(25-20)17-7-4-10-23-17;19-16-15-11-20-8-10-22(15)17(21-16)14-7-4-9-23(14)18(24)25-12-13-5-2-1-3-6-13;1-16(2)17(3,4)22-18(21-16)13-10-11-15(19-12-13)20-14-8-6-5-7-9-14;1-9(2)10(3,4)16-13(15-9)14-17-11(5,6)12(7,8)18-14;12-9-6-7-11(13-8-9)14-10-4-2-1-3-5-10;1-2-3(4)5/h1-6,8-11,13-15,17-19,24H,7,12,16,20H2;1-3,5-6,8-9,11-14,17,23H,4,7,10H2;1-3,5-6,8,10-11,14H,4,7,9,12H2;5-12H,1-4H3;1-8H3;1-8H;2H,1H2/t24-;17-;14-;;;;/m000..../s1. The van der Waals surface area contributed by atoms with E-state index in [9.17, 15) is 14.4 Å². The number of ether oxygens (including phenoxy) is 6. The minimum absolute atomic E-state index is 0.0931. The Labute approximate surface area is 883 Å². The Morgan fingerprint density at radius 1 is 0.412 bits per heavy atom. The Hall–Kier alpha value is -13.9. The number of imidazole rings is 3. The molecular weight excluding hydrogens is 2030 g/mol. The molecule has 2 amide bonds. The lowest BCUT2D eigenvalue weighted by Crippen LogP contribution is -2.41. The smallest absolute Gasteiger partial charge is 0.445 e. The first kappa shape index (κ1) is 107. The van der Waals surface area contributed by atoms with Gasteiger partial charge in [0.25, 0.3) is 0 Å². The molecule has 0 saturated carbocycles. The maximum absolute atomic E-state index is 13.0. The van der Waals surface area contributed by atoms with Crippen molar-refractivity contribution in [2.24, 2.45) is 0 Å². The van der Waals surface area contributed by atoms with E-state index in [2.05, 4.69) is 88.0 Å². The molecule has 0 aliphatic carbocycles. The summed E-state index contributed by atoms with van der Waals surface area (Å²) in [6.45, 7) is 30.3. The quantitative estimate of drug-likeness (QED) is 0.0421. The molecule has 148 heavy (non-hydrogen) atoms. The van der Waals surface area contributed by atoms with Gasteiger partial charge in [0.2, 0.25) is 28.8 Å². The number of benzene rings is 6. The minimum atomic E-state index is -0.509. The van der Waals surface area contributed by atoms with Crippen molar-refractivity contribution in [3.63, 3.8) is 0 Å². The van der Waals surface area contributed by atoms with Crippen molar-refractivity contribution in [2.75, 3.05) is 19.6 Å². The van der Waals surface area contributed by atoms with Crippen LogP contribution in [0.15, 0.2) is 333 Å². The number of carbonyl (C=O) groups is 3. The molecule has 22 rings (SSSR count). The van der Waals surface area contributed by atoms with Crippen LogP contribution in [-0.2, 0) is 55.4 Å². The number of nitrogens with zero attached hydrogens (tertiary/aromatic N) is 15. The Bertz CT molecular complexity index is 7010. The number of likely N-dealkylation sites (tertiary alicyclic amines) is 2. The van der Waals surface area contributed by atoms with Gasteiger partial charge in [0.15, 0.2) is 0 Å². The number of rotatable bonds is 20. The van der Waals surface area contributed by atoms with Crippen LogP contribution in [0.3, 0.4) is 0 Å². The summed E-state index contributed by atoms with van der Waals surface area (Å²) in [5.41, 5.74) is 6.85. The summed E-state index contributed by atoms with van der Waals surface area (Å²) in [5.74, 6) is 7.90. The van der Waals surface area contributed by atoms with Gasteiger partial charge in [-0.25, -0.2) is 44.5 Å². The van der Waals surface area contributed by atoms with E-state index >= 15 is 0 Å². The van der Waals surface area contributed by atoms with Crippen LogP contribution in [0.5, 0.6) is 46.5 Å². The highest BCUT2D eigenvalue weighted by atomic mass is 79.9. The average Bonchev–Trinajstić information content (AvgIpc) is 1.61. The number of nitrogens with one attached hydrogen (secondary N) is 1. The molecule has 6 aromatic carbocycles. The van der Waals surface area contributed by atoms with Crippen LogP contribution in [0.25, 0.3) is 39.1 Å². The van der Waals surface area contributed by atoms with E-state index in [1.807, 2.05) is 347 Å². The molecule has 0 spiro atoms. The number of para-hydroxylation sites is 4. The van der Waals surface area contributed by atoms with Gasteiger partial charge < -0.3 is 61.7 Å². The Morgan fingerprint density at radius 2 is 0.757 bits per heavy atom. The lowest BCUT2D eigenvalue weighted by atomic mass is 9.49. The zero-order valence-electron chi connectivity index (χ0n) is 84.4. The number of hydrogen-bond donors (Lipinski definition) is 1. The van der Waals surface area contributed by atoms with Crippen LogP contribution in [0, 0.1) is 0 Å². The molecular formula is C111H116B3Br2ClN16O15. The third kappa shape index (κ3) is 26.8. The first-order chi connectivity index (χ1) is 71.2. The zero-order chi connectivity index (χ0) is 104. The van der Waals surface area contributed by atoms with Crippen molar-refractivity contribution in [3.05, 3.63) is 361 Å². The minimum Gasteiger partial charge on any atom is -0.445 e. The van der Waals surface area contributed by atoms with E-state index < -0.39 is 26.4 Å². The van der Waals surface area contributed by atoms with Gasteiger partial charge in [-0.1, -0.05) is 146 Å². The van der Waals surface area contributed by atoms with Gasteiger partial charge in [0, 0.05) is 120 Å². The highest BCUT2D eigenvalue weighted by molar-refractivity contribution is 9.10. The molecule has 6 aliphatic heterocycles. The number of aromatic nitrogens is 13. The van der Waals surface area contributed by atoms with Crippen LogP contribution in [0.1, 0.15) is 168 Å². The number of carbonyl (C=O) groups excluding carboxylic acids is 3.